The SMILES string of the molecule is COCCN(Cc1c(-c2ccccc2)nn(C)c1Oc1ccccc1OC)C[C@@H](O)Cc1ccccc1. The first kappa shape index (κ1) is 26.4. The summed E-state index contributed by atoms with van der Waals surface area (Å²) in [5.41, 5.74) is 3.88. The number of rotatable bonds is 13. The number of aliphatic hydroxyl groups is 1. The summed E-state index contributed by atoms with van der Waals surface area (Å²) in [6.07, 6.45) is 0.0442. The van der Waals surface area contributed by atoms with Crippen molar-refractivity contribution in [1.82, 2.24) is 14.7 Å². The Balaban J connectivity index is 1.66. The fourth-order valence-electron chi connectivity index (χ4n) is 4.39. The summed E-state index contributed by atoms with van der Waals surface area (Å²) < 4.78 is 19.1. The number of nitrogens with zero attached hydrogens (tertiary/aromatic N) is 3. The summed E-state index contributed by atoms with van der Waals surface area (Å²) in [6.45, 7) is 2.20. The zero-order valence-electron chi connectivity index (χ0n) is 21.7. The third-order valence-electron chi connectivity index (χ3n) is 6.19. The van der Waals surface area contributed by atoms with Crippen LogP contribution in [0.15, 0.2) is 84.9 Å². The van der Waals surface area contributed by atoms with Gasteiger partial charge < -0.3 is 19.3 Å². The van der Waals surface area contributed by atoms with Crippen molar-refractivity contribution in [2.45, 2.75) is 19.1 Å². The Hall–Kier alpha value is -3.65. The highest BCUT2D eigenvalue weighted by atomic mass is 16.5. The molecular formula is C30H35N3O4. The Kier molecular flexibility index (Phi) is 9.32. The highest BCUT2D eigenvalue weighted by molar-refractivity contribution is 5.66. The van der Waals surface area contributed by atoms with Crippen molar-refractivity contribution in [3.05, 3.63) is 96.1 Å². The molecule has 0 saturated heterocycles. The van der Waals surface area contributed by atoms with E-state index in [9.17, 15) is 5.11 Å². The first-order chi connectivity index (χ1) is 18.1. The topological polar surface area (TPSA) is 69.0 Å². The number of aliphatic hydroxyl groups excluding tert-OH is 1. The molecule has 7 nitrogen and oxygen atoms in total. The van der Waals surface area contributed by atoms with Crippen LogP contribution in [0.3, 0.4) is 0 Å². The van der Waals surface area contributed by atoms with Crippen molar-refractivity contribution in [2.24, 2.45) is 7.05 Å². The van der Waals surface area contributed by atoms with Gasteiger partial charge in [0.1, 0.15) is 5.69 Å². The minimum Gasteiger partial charge on any atom is -0.493 e. The predicted molar refractivity (Wildman–Crippen MR) is 145 cm³/mol. The van der Waals surface area contributed by atoms with E-state index in [1.807, 2.05) is 92.0 Å². The smallest absolute Gasteiger partial charge is 0.222 e. The van der Waals surface area contributed by atoms with Crippen LogP contribution in [0.4, 0.5) is 0 Å². The van der Waals surface area contributed by atoms with E-state index < -0.39 is 6.10 Å². The van der Waals surface area contributed by atoms with E-state index in [-0.39, 0.29) is 0 Å². The summed E-state index contributed by atoms with van der Waals surface area (Å²) >= 11 is 0. The number of aromatic nitrogens is 2. The second-order valence-electron chi connectivity index (χ2n) is 8.95. The van der Waals surface area contributed by atoms with Crippen LogP contribution in [0, 0.1) is 0 Å². The number of methoxy groups -OCH3 is 2. The third kappa shape index (κ3) is 6.98. The summed E-state index contributed by atoms with van der Waals surface area (Å²) in [7, 11) is 5.20. The number of hydrogen-bond donors (Lipinski definition) is 1. The Labute approximate surface area is 218 Å². The van der Waals surface area contributed by atoms with Gasteiger partial charge in [-0.15, -0.1) is 0 Å². The molecule has 37 heavy (non-hydrogen) atoms. The standard InChI is InChI=1S/C30H35N3O4/c1-32-30(37-28-17-11-10-16-27(28)36-3)26(29(31-32)24-14-8-5-9-15-24)22-33(18-19-35-2)21-25(34)20-23-12-6-4-7-13-23/h4-17,25,34H,18-22H2,1-3H3/t25-/m0/s1. The molecule has 0 aliphatic heterocycles. The van der Waals surface area contributed by atoms with Gasteiger partial charge in [-0.25, -0.2) is 4.68 Å². The maximum atomic E-state index is 11.0. The number of para-hydroxylation sites is 2. The molecule has 4 rings (SSSR count). The van der Waals surface area contributed by atoms with E-state index >= 15 is 0 Å². The van der Waals surface area contributed by atoms with Gasteiger partial charge in [0.15, 0.2) is 11.5 Å². The molecule has 3 aromatic carbocycles. The lowest BCUT2D eigenvalue weighted by Crippen LogP contribution is -2.35. The maximum absolute atomic E-state index is 11.0. The number of benzene rings is 3. The summed E-state index contributed by atoms with van der Waals surface area (Å²) in [5.74, 6) is 1.88. The van der Waals surface area contributed by atoms with Gasteiger partial charge in [-0.2, -0.15) is 5.10 Å². The van der Waals surface area contributed by atoms with Crippen LogP contribution < -0.4 is 9.47 Å². The average Bonchev–Trinajstić information content (AvgIpc) is 3.23. The van der Waals surface area contributed by atoms with Gasteiger partial charge in [-0.05, 0) is 24.1 Å². The second kappa shape index (κ2) is 13.1. The molecule has 4 aromatic rings. The van der Waals surface area contributed by atoms with E-state index in [0.29, 0.717) is 50.0 Å². The van der Waals surface area contributed by atoms with Gasteiger partial charge in [0, 0.05) is 39.4 Å². The van der Waals surface area contributed by atoms with Gasteiger partial charge in [-0.1, -0.05) is 72.8 Å². The zero-order valence-corrected chi connectivity index (χ0v) is 21.7. The highest BCUT2D eigenvalue weighted by Crippen LogP contribution is 2.37. The number of ether oxygens (including phenoxy) is 3. The molecule has 0 saturated carbocycles. The quantitative estimate of drug-likeness (QED) is 0.280. The molecule has 194 valence electrons. The lowest BCUT2D eigenvalue weighted by molar-refractivity contribution is 0.0848. The Morgan fingerprint density at radius 3 is 2.22 bits per heavy atom. The summed E-state index contributed by atoms with van der Waals surface area (Å²) in [5, 5.41) is 15.8. The molecule has 0 spiro atoms. The molecule has 1 aromatic heterocycles. The van der Waals surface area contributed by atoms with Crippen molar-refractivity contribution in [3.8, 4) is 28.6 Å². The van der Waals surface area contributed by atoms with Crippen molar-refractivity contribution in [1.29, 1.82) is 0 Å². The van der Waals surface area contributed by atoms with Crippen molar-refractivity contribution < 1.29 is 19.3 Å². The minimum absolute atomic E-state index is 0.482. The van der Waals surface area contributed by atoms with Gasteiger partial charge in [0.2, 0.25) is 5.88 Å². The molecule has 0 bridgehead atoms. The van der Waals surface area contributed by atoms with Crippen molar-refractivity contribution in [2.75, 3.05) is 33.9 Å². The lowest BCUT2D eigenvalue weighted by atomic mass is 10.1. The van der Waals surface area contributed by atoms with Crippen LogP contribution in [0.25, 0.3) is 11.3 Å². The van der Waals surface area contributed by atoms with Crippen LogP contribution in [-0.4, -0.2) is 59.8 Å². The highest BCUT2D eigenvalue weighted by Gasteiger charge is 2.24. The Bertz CT molecular complexity index is 1240. The fraction of sp³-hybridized carbons (Fsp3) is 0.300. The van der Waals surface area contributed by atoms with Gasteiger partial charge in [0.25, 0.3) is 0 Å². The Morgan fingerprint density at radius 1 is 0.892 bits per heavy atom. The predicted octanol–water partition coefficient (Wildman–Crippen LogP) is 4.94. The molecular weight excluding hydrogens is 466 g/mol. The van der Waals surface area contributed by atoms with E-state index in [4.69, 9.17) is 19.3 Å². The van der Waals surface area contributed by atoms with Gasteiger partial charge in [0.05, 0.1) is 25.4 Å². The van der Waals surface area contributed by atoms with Crippen LogP contribution in [0.5, 0.6) is 17.4 Å². The third-order valence-corrected chi connectivity index (χ3v) is 6.19. The van der Waals surface area contributed by atoms with Gasteiger partial charge in [-0.3, -0.25) is 4.90 Å². The van der Waals surface area contributed by atoms with E-state index in [1.54, 1.807) is 18.9 Å². The average molecular weight is 502 g/mol. The zero-order chi connectivity index (χ0) is 26.0. The Morgan fingerprint density at radius 2 is 1.54 bits per heavy atom. The molecule has 0 aliphatic carbocycles. The lowest BCUT2D eigenvalue weighted by Gasteiger charge is -2.25. The molecule has 7 heteroatoms. The first-order valence-corrected chi connectivity index (χ1v) is 12.4. The normalized spacial score (nSPS) is 12.0. The van der Waals surface area contributed by atoms with Crippen molar-refractivity contribution in [3.63, 3.8) is 0 Å². The largest absolute Gasteiger partial charge is 0.493 e. The maximum Gasteiger partial charge on any atom is 0.222 e. The first-order valence-electron chi connectivity index (χ1n) is 12.4. The molecule has 0 unspecified atom stereocenters. The molecule has 1 heterocycles. The number of hydrogen-bond acceptors (Lipinski definition) is 6. The minimum atomic E-state index is -0.533. The summed E-state index contributed by atoms with van der Waals surface area (Å²) in [4.78, 5) is 2.19. The van der Waals surface area contributed by atoms with E-state index in [1.165, 1.54) is 0 Å². The van der Waals surface area contributed by atoms with E-state index in [2.05, 4.69) is 4.90 Å². The second-order valence-corrected chi connectivity index (χ2v) is 8.95. The molecule has 0 fully saturated rings. The van der Waals surface area contributed by atoms with Crippen LogP contribution in [-0.2, 0) is 24.8 Å². The fourth-order valence-corrected chi connectivity index (χ4v) is 4.39. The van der Waals surface area contributed by atoms with E-state index in [0.717, 1.165) is 22.4 Å². The van der Waals surface area contributed by atoms with Crippen molar-refractivity contribution >= 4 is 0 Å². The van der Waals surface area contributed by atoms with Crippen LogP contribution in [0.2, 0.25) is 0 Å². The molecule has 1 atom stereocenters. The summed E-state index contributed by atoms with van der Waals surface area (Å²) in [6, 6.07) is 27.7. The number of aryl methyl sites for hydroxylation is 1. The molecule has 0 radical (unpaired) electrons. The molecule has 0 amide bonds. The van der Waals surface area contributed by atoms with Crippen LogP contribution in [0.1, 0.15) is 11.1 Å². The molecule has 1 N–H and O–H groups in total. The van der Waals surface area contributed by atoms with Gasteiger partial charge >= 0.3 is 0 Å². The monoisotopic (exact) mass is 501 g/mol. The molecule has 0 aliphatic rings. The van der Waals surface area contributed by atoms with Crippen LogP contribution >= 0.6 is 0 Å².